The highest BCUT2D eigenvalue weighted by molar-refractivity contribution is 5.70. The molecule has 23 heavy (non-hydrogen) atoms. The molecule has 0 aliphatic carbocycles. The monoisotopic (exact) mass is 316 g/mol. The molecule has 0 spiro atoms. The lowest BCUT2D eigenvalue weighted by molar-refractivity contribution is -0.143. The number of hydrogen-bond donors (Lipinski definition) is 2. The van der Waals surface area contributed by atoms with Crippen LogP contribution in [0.2, 0.25) is 0 Å². The third kappa shape index (κ3) is 3.17. The largest absolute Gasteiger partial charge is 0.481 e. The molecule has 1 aliphatic heterocycles. The highest BCUT2D eigenvalue weighted by Crippen LogP contribution is 2.25. The van der Waals surface area contributed by atoms with Crippen molar-refractivity contribution in [1.82, 2.24) is 14.3 Å². The first kappa shape index (κ1) is 15.8. The van der Waals surface area contributed by atoms with Crippen LogP contribution in [-0.2, 0) is 11.3 Å². The molecule has 0 radical (unpaired) electrons. The molecule has 0 unspecified atom stereocenters. The number of anilines is 1. The highest BCUT2D eigenvalue weighted by Gasteiger charge is 2.26. The minimum atomic E-state index is -0.671. The maximum absolute atomic E-state index is 11.1. The van der Waals surface area contributed by atoms with Crippen molar-refractivity contribution in [3.63, 3.8) is 0 Å². The van der Waals surface area contributed by atoms with Gasteiger partial charge in [-0.2, -0.15) is 0 Å². The van der Waals surface area contributed by atoms with Crippen molar-refractivity contribution >= 4 is 17.3 Å². The van der Waals surface area contributed by atoms with E-state index in [9.17, 15) is 4.79 Å². The van der Waals surface area contributed by atoms with Gasteiger partial charge in [-0.1, -0.05) is 13.8 Å². The summed E-state index contributed by atoms with van der Waals surface area (Å²) in [6.07, 6.45) is 3.35. The van der Waals surface area contributed by atoms with Gasteiger partial charge in [0.05, 0.1) is 17.3 Å². The number of fused-ring (bicyclic) bond motifs is 1. The Hall–Kier alpha value is -2.08. The smallest absolute Gasteiger partial charge is 0.306 e. The molecule has 3 rings (SSSR count). The quantitative estimate of drug-likeness (QED) is 0.904. The van der Waals surface area contributed by atoms with Crippen LogP contribution < -0.4 is 5.73 Å². The van der Waals surface area contributed by atoms with Gasteiger partial charge in [-0.25, -0.2) is 4.98 Å². The van der Waals surface area contributed by atoms with Crippen LogP contribution >= 0.6 is 0 Å². The lowest BCUT2D eigenvalue weighted by Crippen LogP contribution is -2.36. The van der Waals surface area contributed by atoms with Crippen molar-refractivity contribution in [2.24, 2.45) is 5.92 Å². The van der Waals surface area contributed by atoms with Crippen molar-refractivity contribution in [3.8, 4) is 0 Å². The number of rotatable bonds is 4. The zero-order valence-corrected chi connectivity index (χ0v) is 13.7. The summed E-state index contributed by atoms with van der Waals surface area (Å²) in [4.78, 5) is 18.2. The summed E-state index contributed by atoms with van der Waals surface area (Å²) < 4.78 is 2.08. The van der Waals surface area contributed by atoms with Crippen LogP contribution in [0.5, 0.6) is 0 Å². The summed E-state index contributed by atoms with van der Waals surface area (Å²) in [5.74, 6) is -0.536. The van der Waals surface area contributed by atoms with Crippen molar-refractivity contribution in [3.05, 3.63) is 29.7 Å². The van der Waals surface area contributed by atoms with Crippen LogP contribution in [0.15, 0.2) is 18.3 Å². The van der Waals surface area contributed by atoms with E-state index < -0.39 is 5.97 Å². The number of carbonyl (C=O) groups is 1. The lowest BCUT2D eigenvalue weighted by atomic mass is 9.97. The molecule has 0 bridgehead atoms. The van der Waals surface area contributed by atoms with Crippen LogP contribution in [-0.4, -0.2) is 38.4 Å². The molecular formula is C17H24N4O2. The molecule has 2 aromatic rings. The predicted octanol–water partition coefficient (Wildman–Crippen LogP) is 2.34. The summed E-state index contributed by atoms with van der Waals surface area (Å²) in [6, 6.07) is 3.82. The van der Waals surface area contributed by atoms with Crippen LogP contribution in [0, 0.1) is 5.92 Å². The molecule has 3 heterocycles. The van der Waals surface area contributed by atoms with E-state index in [0.717, 1.165) is 42.4 Å². The van der Waals surface area contributed by atoms with Gasteiger partial charge in [0.25, 0.3) is 0 Å². The standard InChI is InChI=1S/C17H24N4O2/c1-11(2)16-14(21-9-13(18)3-4-15(21)19-16)10-20-7-5-12(6-8-20)17(22)23/h3-4,9,11-12H,5-8,10,18H2,1-2H3,(H,22,23). The average molecular weight is 316 g/mol. The van der Waals surface area contributed by atoms with Crippen molar-refractivity contribution in [1.29, 1.82) is 0 Å². The Morgan fingerprint density at radius 2 is 2.09 bits per heavy atom. The van der Waals surface area contributed by atoms with Gasteiger partial charge < -0.3 is 15.2 Å². The Morgan fingerprint density at radius 3 is 2.70 bits per heavy atom. The van der Waals surface area contributed by atoms with E-state index in [1.54, 1.807) is 0 Å². The van der Waals surface area contributed by atoms with Crippen molar-refractivity contribution in [2.75, 3.05) is 18.8 Å². The molecule has 1 saturated heterocycles. The number of imidazole rings is 1. The third-order valence-corrected chi connectivity index (χ3v) is 4.63. The molecule has 3 N–H and O–H groups in total. The fraction of sp³-hybridized carbons (Fsp3) is 0.529. The van der Waals surface area contributed by atoms with E-state index >= 15 is 0 Å². The number of nitrogens with two attached hydrogens (primary N) is 1. The molecule has 124 valence electrons. The first-order valence-corrected chi connectivity index (χ1v) is 8.17. The first-order chi connectivity index (χ1) is 11.0. The van der Waals surface area contributed by atoms with Crippen LogP contribution in [0.3, 0.4) is 0 Å². The molecule has 1 fully saturated rings. The Kier molecular flexibility index (Phi) is 4.26. The number of carboxylic acid groups (broad SMARTS) is 1. The van der Waals surface area contributed by atoms with Gasteiger partial charge in [0.15, 0.2) is 0 Å². The maximum Gasteiger partial charge on any atom is 0.306 e. The summed E-state index contributed by atoms with van der Waals surface area (Å²) >= 11 is 0. The van der Waals surface area contributed by atoms with Gasteiger partial charge in [-0.3, -0.25) is 9.69 Å². The van der Waals surface area contributed by atoms with Gasteiger partial charge in [0, 0.05) is 18.4 Å². The number of carboxylic acids is 1. The van der Waals surface area contributed by atoms with E-state index in [4.69, 9.17) is 15.8 Å². The second-order valence-corrected chi connectivity index (χ2v) is 6.68. The van der Waals surface area contributed by atoms with E-state index in [2.05, 4.69) is 23.1 Å². The van der Waals surface area contributed by atoms with Gasteiger partial charge in [-0.15, -0.1) is 0 Å². The second kappa shape index (κ2) is 6.20. The zero-order valence-electron chi connectivity index (χ0n) is 13.7. The molecule has 0 amide bonds. The Bertz CT molecular complexity index is 715. The van der Waals surface area contributed by atoms with Crippen molar-refractivity contribution in [2.45, 2.75) is 39.2 Å². The van der Waals surface area contributed by atoms with Gasteiger partial charge in [0.1, 0.15) is 5.65 Å². The van der Waals surface area contributed by atoms with Crippen LogP contribution in [0.1, 0.15) is 44.0 Å². The Morgan fingerprint density at radius 1 is 1.39 bits per heavy atom. The predicted molar refractivity (Wildman–Crippen MR) is 89.3 cm³/mol. The summed E-state index contributed by atoms with van der Waals surface area (Å²) in [5.41, 5.74) is 9.83. The van der Waals surface area contributed by atoms with Gasteiger partial charge in [0.2, 0.25) is 0 Å². The van der Waals surface area contributed by atoms with E-state index in [1.165, 1.54) is 0 Å². The average Bonchev–Trinajstić information content (AvgIpc) is 2.86. The fourth-order valence-electron chi connectivity index (χ4n) is 3.30. The van der Waals surface area contributed by atoms with E-state index in [-0.39, 0.29) is 5.92 Å². The summed E-state index contributed by atoms with van der Waals surface area (Å²) in [6.45, 7) is 6.69. The lowest BCUT2D eigenvalue weighted by Gasteiger charge is -2.30. The van der Waals surface area contributed by atoms with Crippen molar-refractivity contribution < 1.29 is 9.90 Å². The van der Waals surface area contributed by atoms with Crippen LogP contribution in [0.25, 0.3) is 5.65 Å². The number of hydrogen-bond acceptors (Lipinski definition) is 4. The molecule has 0 saturated carbocycles. The molecule has 2 aromatic heterocycles. The topological polar surface area (TPSA) is 83.9 Å². The first-order valence-electron chi connectivity index (χ1n) is 8.17. The zero-order chi connectivity index (χ0) is 16.6. The minimum Gasteiger partial charge on any atom is -0.481 e. The van der Waals surface area contributed by atoms with E-state index in [1.807, 2.05) is 18.3 Å². The second-order valence-electron chi connectivity index (χ2n) is 6.68. The minimum absolute atomic E-state index is 0.200. The Labute approximate surface area is 135 Å². The fourth-order valence-corrected chi connectivity index (χ4v) is 3.30. The Balaban J connectivity index is 1.86. The van der Waals surface area contributed by atoms with E-state index in [0.29, 0.717) is 18.8 Å². The molecule has 6 heteroatoms. The molecule has 0 aromatic carbocycles. The molecular weight excluding hydrogens is 292 g/mol. The number of aromatic nitrogens is 2. The number of piperidine rings is 1. The third-order valence-electron chi connectivity index (χ3n) is 4.63. The summed E-state index contributed by atoms with van der Waals surface area (Å²) in [5, 5.41) is 9.12. The SMILES string of the molecule is CC(C)c1nc2ccc(N)cn2c1CN1CCC(C(=O)O)CC1. The number of nitrogen functional groups attached to an aromatic ring is 1. The molecule has 1 aliphatic rings. The number of nitrogens with zero attached hydrogens (tertiary/aromatic N) is 3. The van der Waals surface area contributed by atoms with Gasteiger partial charge >= 0.3 is 5.97 Å². The molecule has 6 nitrogen and oxygen atoms in total. The number of likely N-dealkylation sites (tertiary alicyclic amines) is 1. The number of aliphatic carboxylic acids is 1. The maximum atomic E-state index is 11.1. The normalized spacial score (nSPS) is 17.2. The van der Waals surface area contributed by atoms with Gasteiger partial charge in [-0.05, 0) is 44.0 Å². The molecule has 0 atom stereocenters. The summed E-state index contributed by atoms with van der Waals surface area (Å²) in [7, 11) is 0. The highest BCUT2D eigenvalue weighted by atomic mass is 16.4. The van der Waals surface area contributed by atoms with Crippen LogP contribution in [0.4, 0.5) is 5.69 Å². The number of pyridine rings is 1.